The number of aromatic nitrogens is 4. The van der Waals surface area contributed by atoms with E-state index in [4.69, 9.17) is 4.74 Å². The van der Waals surface area contributed by atoms with Gasteiger partial charge in [-0.1, -0.05) is 0 Å². The number of fused-ring (bicyclic) bond motifs is 1. The van der Waals surface area contributed by atoms with Crippen molar-refractivity contribution in [2.45, 2.75) is 44.9 Å². The monoisotopic (exact) mass is 329 g/mol. The number of amides is 1. The molecule has 1 saturated heterocycles. The average Bonchev–Trinajstić information content (AvgIpc) is 3.25. The van der Waals surface area contributed by atoms with Crippen molar-refractivity contribution in [2.24, 2.45) is 0 Å². The van der Waals surface area contributed by atoms with E-state index in [1.807, 2.05) is 28.0 Å². The first-order valence-corrected chi connectivity index (χ1v) is 8.70. The van der Waals surface area contributed by atoms with Gasteiger partial charge in [0, 0.05) is 43.3 Å². The molecule has 1 atom stereocenters. The summed E-state index contributed by atoms with van der Waals surface area (Å²) in [6.07, 6.45) is 9.41. The first kappa shape index (κ1) is 15.4. The van der Waals surface area contributed by atoms with Gasteiger partial charge in [0.15, 0.2) is 0 Å². The molecule has 0 radical (unpaired) electrons. The van der Waals surface area contributed by atoms with Gasteiger partial charge in [0.25, 0.3) is 0 Å². The first-order valence-electron chi connectivity index (χ1n) is 8.70. The van der Waals surface area contributed by atoms with Crippen LogP contribution in [0.15, 0.2) is 24.7 Å². The Kier molecular flexibility index (Phi) is 4.34. The Morgan fingerprint density at radius 1 is 1.29 bits per heavy atom. The molecule has 7 heteroatoms. The number of morpholine rings is 1. The van der Waals surface area contributed by atoms with E-state index in [0.29, 0.717) is 32.7 Å². The molecule has 1 unspecified atom stereocenters. The Hall–Kier alpha value is -2.15. The van der Waals surface area contributed by atoms with Gasteiger partial charge in [-0.05, 0) is 25.3 Å². The van der Waals surface area contributed by atoms with E-state index in [9.17, 15) is 4.79 Å². The van der Waals surface area contributed by atoms with Crippen molar-refractivity contribution in [2.75, 3.05) is 19.7 Å². The summed E-state index contributed by atoms with van der Waals surface area (Å²) in [4.78, 5) is 14.6. The third kappa shape index (κ3) is 3.21. The van der Waals surface area contributed by atoms with Crippen LogP contribution >= 0.6 is 0 Å². The third-order valence-corrected chi connectivity index (χ3v) is 4.85. The van der Waals surface area contributed by atoms with Crippen LogP contribution in [0.4, 0.5) is 0 Å². The molecule has 4 rings (SSSR count). The number of rotatable bonds is 4. The summed E-state index contributed by atoms with van der Waals surface area (Å²) in [6, 6.07) is 1.90. The SMILES string of the molecule is O=C(Cc1cnn2c1CCCC2)N1CCOC(Cn2cccn2)C1. The van der Waals surface area contributed by atoms with Gasteiger partial charge in [-0.3, -0.25) is 14.2 Å². The van der Waals surface area contributed by atoms with Crippen LogP contribution in [-0.2, 0) is 35.5 Å². The van der Waals surface area contributed by atoms with E-state index in [2.05, 4.69) is 14.9 Å². The zero-order valence-electron chi connectivity index (χ0n) is 13.8. The standard InChI is InChI=1S/C17H23N5O2/c23-17(10-14-11-19-22-7-2-1-4-16(14)22)20-8-9-24-15(12-20)13-21-6-3-5-18-21/h3,5-6,11,15H,1-2,4,7-10,12-13H2. The number of hydrogen-bond acceptors (Lipinski definition) is 4. The van der Waals surface area contributed by atoms with E-state index in [1.165, 1.54) is 18.5 Å². The molecule has 7 nitrogen and oxygen atoms in total. The summed E-state index contributed by atoms with van der Waals surface area (Å²) in [6.45, 7) is 3.54. The molecule has 2 aliphatic rings. The van der Waals surface area contributed by atoms with Gasteiger partial charge in [-0.25, -0.2) is 0 Å². The summed E-state index contributed by atoms with van der Waals surface area (Å²) >= 11 is 0. The van der Waals surface area contributed by atoms with Crippen LogP contribution in [0.3, 0.4) is 0 Å². The summed E-state index contributed by atoms with van der Waals surface area (Å²) in [5, 5.41) is 8.64. The number of nitrogens with zero attached hydrogens (tertiary/aromatic N) is 5. The van der Waals surface area contributed by atoms with Crippen LogP contribution in [0, 0.1) is 0 Å². The van der Waals surface area contributed by atoms with E-state index in [0.717, 1.165) is 18.5 Å². The van der Waals surface area contributed by atoms with Gasteiger partial charge in [-0.15, -0.1) is 0 Å². The van der Waals surface area contributed by atoms with Crippen molar-refractivity contribution in [3.63, 3.8) is 0 Å². The van der Waals surface area contributed by atoms with E-state index < -0.39 is 0 Å². The van der Waals surface area contributed by atoms with Crippen molar-refractivity contribution in [3.8, 4) is 0 Å². The zero-order valence-corrected chi connectivity index (χ0v) is 13.8. The number of aryl methyl sites for hydroxylation is 1. The summed E-state index contributed by atoms with van der Waals surface area (Å²) in [5.74, 6) is 0.171. The Bertz CT molecular complexity index is 694. The lowest BCUT2D eigenvalue weighted by atomic mass is 10.0. The molecule has 0 N–H and O–H groups in total. The van der Waals surface area contributed by atoms with E-state index in [-0.39, 0.29) is 12.0 Å². The van der Waals surface area contributed by atoms with Crippen molar-refractivity contribution in [3.05, 3.63) is 35.9 Å². The summed E-state index contributed by atoms with van der Waals surface area (Å²) < 4.78 is 9.70. The highest BCUT2D eigenvalue weighted by atomic mass is 16.5. The second kappa shape index (κ2) is 6.76. The fourth-order valence-corrected chi connectivity index (χ4v) is 3.58. The lowest BCUT2D eigenvalue weighted by Gasteiger charge is -2.33. The second-order valence-electron chi connectivity index (χ2n) is 6.53. The van der Waals surface area contributed by atoms with E-state index in [1.54, 1.807) is 6.20 Å². The minimum absolute atomic E-state index is 0.00340. The summed E-state index contributed by atoms with van der Waals surface area (Å²) in [7, 11) is 0. The molecule has 128 valence electrons. The van der Waals surface area contributed by atoms with Gasteiger partial charge < -0.3 is 9.64 Å². The average molecular weight is 329 g/mol. The molecule has 2 aromatic rings. The van der Waals surface area contributed by atoms with Gasteiger partial charge in [-0.2, -0.15) is 10.2 Å². The molecular weight excluding hydrogens is 306 g/mol. The highest BCUT2D eigenvalue weighted by molar-refractivity contribution is 5.79. The Morgan fingerprint density at radius 3 is 3.12 bits per heavy atom. The minimum atomic E-state index is 0.00340. The third-order valence-electron chi connectivity index (χ3n) is 4.85. The second-order valence-corrected chi connectivity index (χ2v) is 6.53. The topological polar surface area (TPSA) is 65.2 Å². The highest BCUT2D eigenvalue weighted by Crippen LogP contribution is 2.19. The Morgan fingerprint density at radius 2 is 2.25 bits per heavy atom. The maximum Gasteiger partial charge on any atom is 0.227 e. The van der Waals surface area contributed by atoms with Gasteiger partial charge in [0.2, 0.25) is 5.91 Å². The summed E-state index contributed by atoms with van der Waals surface area (Å²) in [5.41, 5.74) is 2.34. The van der Waals surface area contributed by atoms with Gasteiger partial charge >= 0.3 is 0 Å². The van der Waals surface area contributed by atoms with Crippen LogP contribution < -0.4 is 0 Å². The lowest BCUT2D eigenvalue weighted by Crippen LogP contribution is -2.47. The zero-order chi connectivity index (χ0) is 16.4. The Balaban J connectivity index is 1.38. The van der Waals surface area contributed by atoms with Crippen molar-refractivity contribution in [1.82, 2.24) is 24.5 Å². The largest absolute Gasteiger partial charge is 0.373 e. The van der Waals surface area contributed by atoms with Crippen LogP contribution in [0.5, 0.6) is 0 Å². The fourth-order valence-electron chi connectivity index (χ4n) is 3.58. The number of hydrogen-bond donors (Lipinski definition) is 0. The smallest absolute Gasteiger partial charge is 0.227 e. The van der Waals surface area contributed by atoms with Crippen LogP contribution in [-0.4, -0.2) is 56.2 Å². The Labute approximate surface area is 141 Å². The lowest BCUT2D eigenvalue weighted by molar-refractivity contribution is -0.138. The van der Waals surface area contributed by atoms with Crippen molar-refractivity contribution in [1.29, 1.82) is 0 Å². The van der Waals surface area contributed by atoms with Crippen molar-refractivity contribution < 1.29 is 9.53 Å². The fraction of sp³-hybridized carbons (Fsp3) is 0.588. The molecule has 1 amide bonds. The molecule has 0 aromatic carbocycles. The van der Waals surface area contributed by atoms with Crippen LogP contribution in [0.1, 0.15) is 24.1 Å². The number of ether oxygens (including phenoxy) is 1. The molecule has 0 spiro atoms. The minimum Gasteiger partial charge on any atom is -0.373 e. The predicted octanol–water partition coefficient (Wildman–Crippen LogP) is 0.886. The molecule has 0 bridgehead atoms. The normalized spacial score (nSPS) is 20.8. The van der Waals surface area contributed by atoms with Crippen LogP contribution in [0.2, 0.25) is 0 Å². The molecule has 2 aromatic heterocycles. The number of carbonyl (C=O) groups is 1. The molecule has 0 saturated carbocycles. The highest BCUT2D eigenvalue weighted by Gasteiger charge is 2.26. The van der Waals surface area contributed by atoms with E-state index >= 15 is 0 Å². The van der Waals surface area contributed by atoms with Gasteiger partial charge in [0.1, 0.15) is 0 Å². The molecule has 0 aliphatic carbocycles. The molecule has 24 heavy (non-hydrogen) atoms. The first-order chi connectivity index (χ1) is 11.8. The molecule has 4 heterocycles. The maximum atomic E-state index is 12.7. The van der Waals surface area contributed by atoms with Crippen molar-refractivity contribution >= 4 is 5.91 Å². The molecular formula is C17H23N5O2. The predicted molar refractivity (Wildman–Crippen MR) is 87.4 cm³/mol. The maximum absolute atomic E-state index is 12.7. The van der Waals surface area contributed by atoms with Gasteiger partial charge in [0.05, 0.1) is 31.9 Å². The molecule has 1 fully saturated rings. The quantitative estimate of drug-likeness (QED) is 0.835. The van der Waals surface area contributed by atoms with Crippen LogP contribution in [0.25, 0.3) is 0 Å². The molecule has 2 aliphatic heterocycles. The number of carbonyl (C=O) groups excluding carboxylic acids is 1.